The van der Waals surface area contributed by atoms with E-state index in [9.17, 15) is 9.90 Å². The van der Waals surface area contributed by atoms with Crippen LogP contribution in [-0.2, 0) is 11.4 Å². The Balaban J connectivity index is 1.60. The van der Waals surface area contributed by atoms with Gasteiger partial charge in [0.05, 0.1) is 24.8 Å². The number of aliphatic carboxylic acids is 1. The second-order valence-corrected chi connectivity index (χ2v) is 8.50. The molecule has 1 aromatic heterocycles. The normalized spacial score (nSPS) is 15.7. The van der Waals surface area contributed by atoms with Crippen LogP contribution in [-0.4, -0.2) is 41.2 Å². The molecule has 4 rings (SSSR count). The molecule has 1 saturated heterocycles. The number of aromatic nitrogens is 1. The van der Waals surface area contributed by atoms with Gasteiger partial charge < -0.3 is 14.6 Å². The van der Waals surface area contributed by atoms with Crippen LogP contribution in [0.2, 0.25) is 0 Å². The van der Waals surface area contributed by atoms with Crippen molar-refractivity contribution in [3.05, 3.63) is 89.2 Å². The predicted molar refractivity (Wildman–Crippen MR) is 127 cm³/mol. The number of carboxylic acids is 1. The van der Waals surface area contributed by atoms with Gasteiger partial charge in [0.2, 0.25) is 0 Å². The Morgan fingerprint density at radius 2 is 1.85 bits per heavy atom. The summed E-state index contributed by atoms with van der Waals surface area (Å²) in [5.41, 5.74) is 4.18. The lowest BCUT2D eigenvalue weighted by atomic mass is 9.93. The number of rotatable bonds is 8. The van der Waals surface area contributed by atoms with Gasteiger partial charge in [0.1, 0.15) is 6.61 Å². The van der Waals surface area contributed by atoms with Crippen LogP contribution in [0.5, 0.6) is 11.5 Å². The van der Waals surface area contributed by atoms with Gasteiger partial charge in [-0.25, -0.2) is 0 Å². The summed E-state index contributed by atoms with van der Waals surface area (Å²) in [6, 6.07) is 20.1. The molecule has 1 unspecified atom stereocenters. The highest BCUT2D eigenvalue weighted by Gasteiger charge is 2.31. The number of hydrogen-bond donors (Lipinski definition) is 1. The third-order valence-corrected chi connectivity index (χ3v) is 6.20. The summed E-state index contributed by atoms with van der Waals surface area (Å²) >= 11 is 0. The quantitative estimate of drug-likeness (QED) is 0.533. The van der Waals surface area contributed by atoms with Gasteiger partial charge in [0, 0.05) is 6.20 Å². The highest BCUT2D eigenvalue weighted by molar-refractivity contribution is 5.70. The summed E-state index contributed by atoms with van der Waals surface area (Å²) in [4.78, 5) is 18.5. The highest BCUT2D eigenvalue weighted by Crippen LogP contribution is 2.37. The van der Waals surface area contributed by atoms with Crippen molar-refractivity contribution in [1.82, 2.24) is 9.88 Å². The Hall–Kier alpha value is -3.38. The van der Waals surface area contributed by atoms with Crippen LogP contribution in [0, 0.1) is 12.8 Å². The van der Waals surface area contributed by atoms with Crippen molar-refractivity contribution < 1.29 is 19.4 Å². The van der Waals surface area contributed by atoms with Crippen LogP contribution in [0.3, 0.4) is 0 Å². The zero-order valence-electron chi connectivity index (χ0n) is 19.1. The number of pyridine rings is 1. The molecule has 6 heteroatoms. The lowest BCUT2D eigenvalue weighted by Gasteiger charge is -2.36. The fraction of sp³-hybridized carbons (Fsp3) is 0.333. The Kier molecular flexibility index (Phi) is 7.25. The molecule has 0 radical (unpaired) electrons. The summed E-state index contributed by atoms with van der Waals surface area (Å²) in [7, 11) is 1.64. The van der Waals surface area contributed by atoms with E-state index in [1.807, 2.05) is 55.6 Å². The number of carboxylic acid groups (broad SMARTS) is 1. The van der Waals surface area contributed by atoms with Gasteiger partial charge in [-0.1, -0.05) is 42.5 Å². The van der Waals surface area contributed by atoms with Crippen LogP contribution in [0.25, 0.3) is 0 Å². The minimum Gasteiger partial charge on any atom is -0.493 e. The molecule has 0 spiro atoms. The summed E-state index contributed by atoms with van der Waals surface area (Å²) in [6.45, 7) is 3.88. The topological polar surface area (TPSA) is 71.9 Å². The molecule has 0 amide bonds. The van der Waals surface area contributed by atoms with Gasteiger partial charge in [0.15, 0.2) is 11.5 Å². The van der Waals surface area contributed by atoms with E-state index in [1.54, 1.807) is 7.11 Å². The monoisotopic (exact) mass is 446 g/mol. The summed E-state index contributed by atoms with van der Waals surface area (Å²) in [5.74, 6) is 0.365. The van der Waals surface area contributed by atoms with Gasteiger partial charge in [-0.15, -0.1) is 0 Å². The first-order valence-corrected chi connectivity index (χ1v) is 11.3. The first kappa shape index (κ1) is 22.8. The summed E-state index contributed by atoms with van der Waals surface area (Å²) < 4.78 is 11.7. The van der Waals surface area contributed by atoms with Crippen LogP contribution in [0.15, 0.2) is 66.9 Å². The van der Waals surface area contributed by atoms with Crippen LogP contribution >= 0.6 is 0 Å². The molecule has 1 aliphatic rings. The first-order valence-electron chi connectivity index (χ1n) is 11.3. The minimum absolute atomic E-state index is 0.0857. The maximum atomic E-state index is 11.4. The second kappa shape index (κ2) is 10.5. The molecular weight excluding hydrogens is 416 g/mol. The van der Waals surface area contributed by atoms with E-state index in [0.29, 0.717) is 44.0 Å². The lowest BCUT2D eigenvalue weighted by Crippen LogP contribution is -2.39. The molecule has 1 aliphatic heterocycles. The number of aryl methyl sites for hydroxylation is 1. The molecule has 172 valence electrons. The maximum absolute atomic E-state index is 11.4. The minimum atomic E-state index is -0.707. The van der Waals surface area contributed by atoms with Gasteiger partial charge in [-0.3, -0.25) is 14.7 Å². The predicted octanol–water partition coefficient (Wildman–Crippen LogP) is 4.86. The molecule has 2 heterocycles. The standard InChI is InChI=1S/C27H30N2O4/c1-19-8-10-23(28-17-19)26(29-14-12-21(13-15-29)27(30)31)22-9-11-24(25(16-22)32-2)33-18-20-6-4-3-5-7-20/h3-11,16-17,21,26H,12-15,18H2,1-2H3,(H,30,31). The second-order valence-electron chi connectivity index (χ2n) is 8.50. The molecule has 0 saturated carbocycles. The van der Waals surface area contributed by atoms with Crippen molar-refractivity contribution in [2.45, 2.75) is 32.4 Å². The molecule has 6 nitrogen and oxygen atoms in total. The van der Waals surface area contributed by atoms with Crippen molar-refractivity contribution in [2.24, 2.45) is 5.92 Å². The van der Waals surface area contributed by atoms with E-state index < -0.39 is 5.97 Å². The third-order valence-electron chi connectivity index (χ3n) is 6.20. The Labute approximate surface area is 194 Å². The molecule has 0 bridgehead atoms. The maximum Gasteiger partial charge on any atom is 0.306 e. The number of piperidine rings is 1. The molecule has 1 N–H and O–H groups in total. The van der Waals surface area contributed by atoms with Gasteiger partial charge in [-0.2, -0.15) is 0 Å². The van der Waals surface area contributed by atoms with Crippen molar-refractivity contribution in [3.63, 3.8) is 0 Å². The lowest BCUT2D eigenvalue weighted by molar-refractivity contribution is -0.143. The van der Waals surface area contributed by atoms with E-state index in [2.05, 4.69) is 23.1 Å². The van der Waals surface area contributed by atoms with E-state index in [-0.39, 0.29) is 12.0 Å². The van der Waals surface area contributed by atoms with E-state index in [0.717, 1.165) is 22.4 Å². The molecule has 0 aliphatic carbocycles. The number of ether oxygens (including phenoxy) is 2. The molecule has 33 heavy (non-hydrogen) atoms. The third kappa shape index (κ3) is 5.52. The summed E-state index contributed by atoms with van der Waals surface area (Å²) in [5, 5.41) is 9.40. The number of nitrogens with zero attached hydrogens (tertiary/aromatic N) is 2. The Morgan fingerprint density at radius 3 is 2.48 bits per heavy atom. The van der Waals surface area contributed by atoms with Crippen LogP contribution in [0.1, 0.15) is 41.3 Å². The molecular formula is C27H30N2O4. The molecule has 1 atom stereocenters. The zero-order valence-corrected chi connectivity index (χ0v) is 19.1. The van der Waals surface area contributed by atoms with Crippen LogP contribution < -0.4 is 9.47 Å². The Morgan fingerprint density at radius 1 is 1.09 bits per heavy atom. The molecule has 3 aromatic rings. The smallest absolute Gasteiger partial charge is 0.306 e. The highest BCUT2D eigenvalue weighted by atomic mass is 16.5. The van der Waals surface area contributed by atoms with Gasteiger partial charge in [-0.05, 0) is 67.7 Å². The molecule has 1 fully saturated rings. The SMILES string of the molecule is COc1cc(C(c2ccc(C)cn2)N2CCC(C(=O)O)CC2)ccc1OCc1ccccc1. The zero-order chi connectivity index (χ0) is 23.2. The number of likely N-dealkylation sites (tertiary alicyclic amines) is 1. The van der Waals surface area contributed by atoms with E-state index >= 15 is 0 Å². The Bertz CT molecular complexity index is 1060. The first-order chi connectivity index (χ1) is 16.0. The van der Waals surface area contributed by atoms with Crippen LogP contribution in [0.4, 0.5) is 0 Å². The summed E-state index contributed by atoms with van der Waals surface area (Å²) in [6.07, 6.45) is 3.14. The van der Waals surface area contributed by atoms with E-state index in [4.69, 9.17) is 14.5 Å². The van der Waals surface area contributed by atoms with E-state index in [1.165, 1.54) is 0 Å². The number of carbonyl (C=O) groups is 1. The number of hydrogen-bond acceptors (Lipinski definition) is 5. The average Bonchev–Trinajstić information content (AvgIpc) is 2.85. The van der Waals surface area contributed by atoms with Crippen molar-refractivity contribution in [3.8, 4) is 11.5 Å². The average molecular weight is 447 g/mol. The van der Waals surface area contributed by atoms with Crippen molar-refractivity contribution >= 4 is 5.97 Å². The van der Waals surface area contributed by atoms with Gasteiger partial charge in [0.25, 0.3) is 0 Å². The number of benzene rings is 2. The molecule has 2 aromatic carbocycles. The number of methoxy groups -OCH3 is 1. The fourth-order valence-electron chi connectivity index (χ4n) is 4.32. The largest absolute Gasteiger partial charge is 0.493 e. The van der Waals surface area contributed by atoms with Crippen molar-refractivity contribution in [2.75, 3.05) is 20.2 Å². The fourth-order valence-corrected chi connectivity index (χ4v) is 4.32. The van der Waals surface area contributed by atoms with Gasteiger partial charge >= 0.3 is 5.97 Å². The van der Waals surface area contributed by atoms with Crippen molar-refractivity contribution in [1.29, 1.82) is 0 Å².